The van der Waals surface area contributed by atoms with Crippen LogP contribution < -0.4 is 5.73 Å². The Kier molecular flexibility index (Phi) is 3.20. The van der Waals surface area contributed by atoms with Gasteiger partial charge in [-0.2, -0.15) is 0 Å². The van der Waals surface area contributed by atoms with E-state index in [0.29, 0.717) is 5.54 Å². The van der Waals surface area contributed by atoms with Gasteiger partial charge >= 0.3 is 0 Å². The van der Waals surface area contributed by atoms with Gasteiger partial charge < -0.3 is 5.73 Å². The van der Waals surface area contributed by atoms with Gasteiger partial charge in [0, 0.05) is 18.6 Å². The summed E-state index contributed by atoms with van der Waals surface area (Å²) in [6, 6.07) is 0. The van der Waals surface area contributed by atoms with Crippen molar-refractivity contribution in [3.8, 4) is 0 Å². The molecule has 0 aromatic carbocycles. The third-order valence-electron chi connectivity index (χ3n) is 6.02. The molecule has 4 atom stereocenters. The lowest BCUT2D eigenvalue weighted by Crippen LogP contribution is -2.59. The molecule has 2 aliphatic carbocycles. The molecule has 17 heavy (non-hydrogen) atoms. The van der Waals surface area contributed by atoms with Crippen LogP contribution in [-0.2, 0) is 0 Å². The van der Waals surface area contributed by atoms with E-state index >= 15 is 0 Å². The van der Waals surface area contributed by atoms with Crippen LogP contribution in [0.3, 0.4) is 0 Å². The van der Waals surface area contributed by atoms with Gasteiger partial charge in [0.05, 0.1) is 0 Å². The van der Waals surface area contributed by atoms with E-state index in [-0.39, 0.29) is 0 Å². The second-order valence-electron chi connectivity index (χ2n) is 6.75. The van der Waals surface area contributed by atoms with Crippen LogP contribution in [-0.4, -0.2) is 30.1 Å². The zero-order chi connectivity index (χ0) is 11.9. The highest BCUT2D eigenvalue weighted by Gasteiger charge is 2.53. The molecule has 1 saturated heterocycles. The highest BCUT2D eigenvalue weighted by atomic mass is 15.2. The van der Waals surface area contributed by atoms with Gasteiger partial charge in [-0.3, -0.25) is 4.90 Å². The fourth-order valence-electron chi connectivity index (χ4n) is 4.98. The van der Waals surface area contributed by atoms with Gasteiger partial charge in [0.25, 0.3) is 0 Å². The van der Waals surface area contributed by atoms with E-state index in [4.69, 9.17) is 5.73 Å². The third-order valence-corrected chi connectivity index (χ3v) is 6.02. The molecule has 4 unspecified atom stereocenters. The molecule has 0 aromatic rings. The molecule has 3 fully saturated rings. The van der Waals surface area contributed by atoms with Gasteiger partial charge in [-0.25, -0.2) is 0 Å². The van der Waals surface area contributed by atoms with Crippen molar-refractivity contribution in [1.82, 2.24) is 4.90 Å². The van der Waals surface area contributed by atoms with E-state index in [9.17, 15) is 0 Å². The Hall–Kier alpha value is -0.0800. The number of piperidine rings is 1. The van der Waals surface area contributed by atoms with Crippen molar-refractivity contribution < 1.29 is 0 Å². The van der Waals surface area contributed by atoms with Crippen LogP contribution in [0.15, 0.2) is 0 Å². The first kappa shape index (κ1) is 12.0. The Morgan fingerprint density at radius 3 is 2.76 bits per heavy atom. The Morgan fingerprint density at radius 1 is 1.29 bits per heavy atom. The molecule has 98 valence electrons. The van der Waals surface area contributed by atoms with Crippen LogP contribution in [0.4, 0.5) is 0 Å². The minimum Gasteiger partial charge on any atom is -0.329 e. The molecule has 1 heterocycles. The van der Waals surface area contributed by atoms with Gasteiger partial charge in [0.15, 0.2) is 0 Å². The average molecular weight is 236 g/mol. The molecular formula is C15H28N2. The predicted octanol–water partition coefficient (Wildman–Crippen LogP) is 2.63. The fraction of sp³-hybridized carbons (Fsp3) is 1.00. The first-order chi connectivity index (χ1) is 8.28. The van der Waals surface area contributed by atoms with E-state index in [1.807, 2.05) is 0 Å². The highest BCUT2D eigenvalue weighted by molar-refractivity contribution is 5.08. The molecule has 2 nitrogen and oxygen atoms in total. The maximum absolute atomic E-state index is 6.23. The van der Waals surface area contributed by atoms with Crippen molar-refractivity contribution in [2.45, 2.75) is 57.4 Å². The summed E-state index contributed by atoms with van der Waals surface area (Å²) in [4.78, 5) is 2.81. The molecule has 0 aromatic heterocycles. The average Bonchev–Trinajstić information content (AvgIpc) is 2.99. The summed E-state index contributed by atoms with van der Waals surface area (Å²) in [5.74, 6) is 2.87. The summed E-state index contributed by atoms with van der Waals surface area (Å²) in [5, 5.41) is 0. The standard InChI is InChI=1S/C15H28N2/c1-2-12-4-3-7-17(10-12)15(11-16)9-13-5-6-14(15)8-13/h12-14H,2-11,16H2,1H3. The topological polar surface area (TPSA) is 29.3 Å². The molecule has 0 amide bonds. The first-order valence-electron chi connectivity index (χ1n) is 7.73. The maximum atomic E-state index is 6.23. The Balaban J connectivity index is 1.76. The van der Waals surface area contributed by atoms with Gasteiger partial charge in [0.1, 0.15) is 0 Å². The zero-order valence-electron chi connectivity index (χ0n) is 11.3. The lowest BCUT2D eigenvalue weighted by molar-refractivity contribution is 0.00705. The van der Waals surface area contributed by atoms with Crippen LogP contribution >= 0.6 is 0 Å². The van der Waals surface area contributed by atoms with Crippen LogP contribution in [0.1, 0.15) is 51.9 Å². The maximum Gasteiger partial charge on any atom is 0.0362 e. The summed E-state index contributed by atoms with van der Waals surface area (Å²) in [5.41, 5.74) is 6.64. The number of fused-ring (bicyclic) bond motifs is 2. The van der Waals surface area contributed by atoms with Gasteiger partial charge in [-0.15, -0.1) is 0 Å². The van der Waals surface area contributed by atoms with Crippen molar-refractivity contribution >= 4 is 0 Å². The normalized spacial score (nSPS) is 46.6. The molecule has 3 rings (SSSR count). The highest BCUT2D eigenvalue weighted by Crippen LogP contribution is 2.53. The molecule has 1 aliphatic heterocycles. The smallest absolute Gasteiger partial charge is 0.0362 e. The molecule has 3 aliphatic rings. The summed E-state index contributed by atoms with van der Waals surface area (Å²) >= 11 is 0. The van der Waals surface area contributed by atoms with Gasteiger partial charge in [-0.05, 0) is 56.4 Å². The van der Waals surface area contributed by atoms with E-state index < -0.39 is 0 Å². The number of nitrogens with two attached hydrogens (primary N) is 1. The molecular weight excluding hydrogens is 208 g/mol. The first-order valence-corrected chi connectivity index (χ1v) is 7.73. The van der Waals surface area contributed by atoms with Crippen LogP contribution in [0.25, 0.3) is 0 Å². The second-order valence-corrected chi connectivity index (χ2v) is 6.75. The summed E-state index contributed by atoms with van der Waals surface area (Å²) in [6.45, 7) is 5.91. The minimum atomic E-state index is 0.413. The fourth-order valence-corrected chi connectivity index (χ4v) is 4.98. The summed E-state index contributed by atoms with van der Waals surface area (Å²) in [7, 11) is 0. The van der Waals surface area contributed by atoms with Crippen LogP contribution in [0.2, 0.25) is 0 Å². The molecule has 2 bridgehead atoms. The lowest BCUT2D eigenvalue weighted by atomic mass is 9.77. The summed E-state index contributed by atoms with van der Waals surface area (Å²) in [6.07, 6.45) is 10.0. The third kappa shape index (κ3) is 1.84. The van der Waals surface area contributed by atoms with Crippen molar-refractivity contribution in [3.05, 3.63) is 0 Å². The number of rotatable bonds is 3. The number of hydrogen-bond donors (Lipinski definition) is 1. The predicted molar refractivity (Wildman–Crippen MR) is 71.8 cm³/mol. The van der Waals surface area contributed by atoms with Crippen molar-refractivity contribution in [1.29, 1.82) is 0 Å². The Bertz CT molecular complexity index is 278. The van der Waals surface area contributed by atoms with Crippen molar-refractivity contribution in [2.24, 2.45) is 23.5 Å². The molecule has 2 N–H and O–H groups in total. The Labute approximate surface area is 106 Å². The number of nitrogens with zero attached hydrogens (tertiary/aromatic N) is 1. The van der Waals surface area contributed by atoms with Crippen LogP contribution in [0, 0.1) is 17.8 Å². The monoisotopic (exact) mass is 236 g/mol. The lowest BCUT2D eigenvalue weighted by Gasteiger charge is -2.49. The van der Waals surface area contributed by atoms with E-state index in [1.165, 1.54) is 58.0 Å². The molecule has 0 spiro atoms. The zero-order valence-corrected chi connectivity index (χ0v) is 11.3. The number of hydrogen-bond acceptors (Lipinski definition) is 2. The molecule has 2 saturated carbocycles. The summed E-state index contributed by atoms with van der Waals surface area (Å²) < 4.78 is 0. The largest absolute Gasteiger partial charge is 0.329 e. The van der Waals surface area contributed by atoms with Gasteiger partial charge in [-0.1, -0.05) is 19.8 Å². The van der Waals surface area contributed by atoms with Crippen LogP contribution in [0.5, 0.6) is 0 Å². The van der Waals surface area contributed by atoms with Crippen molar-refractivity contribution in [2.75, 3.05) is 19.6 Å². The van der Waals surface area contributed by atoms with Gasteiger partial charge in [0.2, 0.25) is 0 Å². The quantitative estimate of drug-likeness (QED) is 0.816. The molecule has 2 heteroatoms. The second kappa shape index (κ2) is 4.55. The van der Waals surface area contributed by atoms with Crippen molar-refractivity contribution in [3.63, 3.8) is 0 Å². The molecule has 0 radical (unpaired) electrons. The van der Waals surface area contributed by atoms with E-state index in [1.54, 1.807) is 0 Å². The minimum absolute atomic E-state index is 0.413. The Morgan fingerprint density at radius 2 is 2.18 bits per heavy atom. The number of likely N-dealkylation sites (tertiary alicyclic amines) is 1. The van der Waals surface area contributed by atoms with E-state index in [0.717, 1.165) is 24.3 Å². The SMILES string of the molecule is CCC1CCCN(C2(CN)CC3CCC2C3)C1. The van der Waals surface area contributed by atoms with E-state index in [2.05, 4.69) is 11.8 Å².